The summed E-state index contributed by atoms with van der Waals surface area (Å²) in [7, 11) is 0. The zero-order valence-electron chi connectivity index (χ0n) is 8.95. The lowest BCUT2D eigenvalue weighted by molar-refractivity contribution is 0.589. The summed E-state index contributed by atoms with van der Waals surface area (Å²) in [5, 5.41) is 12.4. The summed E-state index contributed by atoms with van der Waals surface area (Å²) in [5.74, 6) is 0. The van der Waals surface area contributed by atoms with Gasteiger partial charge in [0.1, 0.15) is 6.07 Å². The van der Waals surface area contributed by atoms with Crippen molar-refractivity contribution >= 4 is 5.69 Å². The van der Waals surface area contributed by atoms with E-state index in [2.05, 4.69) is 16.3 Å². The van der Waals surface area contributed by atoms with Crippen molar-refractivity contribution in [2.75, 3.05) is 31.1 Å². The molecule has 0 saturated carbocycles. The van der Waals surface area contributed by atoms with Gasteiger partial charge in [0.05, 0.1) is 11.3 Å². The lowest BCUT2D eigenvalue weighted by atomic mass is 10.1. The van der Waals surface area contributed by atoms with Gasteiger partial charge in [0.15, 0.2) is 0 Å². The summed E-state index contributed by atoms with van der Waals surface area (Å²) >= 11 is 0. The Morgan fingerprint density at radius 2 is 2.07 bits per heavy atom. The number of hydrogen-bond donors (Lipinski definition) is 1. The lowest BCUT2D eigenvalue weighted by Crippen LogP contribution is -2.43. The minimum absolute atomic E-state index is 0.819. The predicted octanol–water partition coefficient (Wildman–Crippen LogP) is 1.28. The number of nitrogens with zero attached hydrogens (tertiary/aromatic N) is 2. The van der Waals surface area contributed by atoms with Crippen molar-refractivity contribution in [2.24, 2.45) is 0 Å². The van der Waals surface area contributed by atoms with E-state index in [0.29, 0.717) is 0 Å². The summed E-state index contributed by atoms with van der Waals surface area (Å²) in [6, 6.07) is 8.35. The second-order valence-electron chi connectivity index (χ2n) is 3.82. The van der Waals surface area contributed by atoms with Gasteiger partial charge in [-0.15, -0.1) is 0 Å². The van der Waals surface area contributed by atoms with E-state index in [4.69, 9.17) is 5.26 Å². The highest BCUT2D eigenvalue weighted by atomic mass is 15.2. The Bertz CT molecular complexity index is 386. The molecule has 0 spiro atoms. The number of piperazine rings is 1. The first-order valence-corrected chi connectivity index (χ1v) is 5.28. The maximum atomic E-state index is 9.14. The van der Waals surface area contributed by atoms with Crippen LogP contribution in [0.4, 0.5) is 5.69 Å². The number of aryl methyl sites for hydroxylation is 1. The summed E-state index contributed by atoms with van der Waals surface area (Å²) in [6.07, 6.45) is 0. The van der Waals surface area contributed by atoms with Crippen molar-refractivity contribution in [1.82, 2.24) is 5.32 Å². The first-order chi connectivity index (χ1) is 7.33. The molecule has 0 atom stereocenters. The maximum absolute atomic E-state index is 9.14. The molecule has 1 fully saturated rings. The monoisotopic (exact) mass is 201 g/mol. The Balaban J connectivity index is 2.34. The summed E-state index contributed by atoms with van der Waals surface area (Å²) in [4.78, 5) is 2.28. The molecule has 3 heteroatoms. The molecule has 0 unspecified atom stereocenters. The molecule has 1 aromatic carbocycles. The molecule has 1 aliphatic rings. The van der Waals surface area contributed by atoms with Crippen LogP contribution in [0.3, 0.4) is 0 Å². The molecule has 0 aromatic heterocycles. The molecule has 1 N–H and O–H groups in total. The van der Waals surface area contributed by atoms with Crippen LogP contribution in [-0.4, -0.2) is 26.2 Å². The van der Waals surface area contributed by atoms with Crippen LogP contribution in [0, 0.1) is 18.3 Å². The largest absolute Gasteiger partial charge is 0.368 e. The van der Waals surface area contributed by atoms with Crippen molar-refractivity contribution in [3.63, 3.8) is 0 Å². The van der Waals surface area contributed by atoms with Crippen LogP contribution in [-0.2, 0) is 0 Å². The molecule has 1 heterocycles. The van der Waals surface area contributed by atoms with E-state index in [-0.39, 0.29) is 0 Å². The van der Waals surface area contributed by atoms with Crippen molar-refractivity contribution < 1.29 is 0 Å². The fourth-order valence-electron chi connectivity index (χ4n) is 1.97. The Hall–Kier alpha value is -1.53. The molecular weight excluding hydrogens is 186 g/mol. The average molecular weight is 201 g/mol. The fraction of sp³-hybridized carbons (Fsp3) is 0.417. The number of anilines is 1. The predicted molar refractivity (Wildman–Crippen MR) is 61.0 cm³/mol. The normalized spacial score (nSPS) is 16.1. The second kappa shape index (κ2) is 4.33. The molecule has 0 aliphatic carbocycles. The number of nitrogens with one attached hydrogen (secondary N) is 1. The first kappa shape index (κ1) is 10.0. The molecule has 1 saturated heterocycles. The Morgan fingerprint density at radius 3 is 2.73 bits per heavy atom. The van der Waals surface area contributed by atoms with Gasteiger partial charge in [-0.05, 0) is 18.6 Å². The van der Waals surface area contributed by atoms with Gasteiger partial charge in [0, 0.05) is 26.2 Å². The topological polar surface area (TPSA) is 39.1 Å². The third-order valence-electron chi connectivity index (χ3n) is 2.82. The summed E-state index contributed by atoms with van der Waals surface area (Å²) < 4.78 is 0. The van der Waals surface area contributed by atoms with Crippen LogP contribution in [0.25, 0.3) is 0 Å². The molecular formula is C12H15N3. The van der Waals surface area contributed by atoms with Crippen LogP contribution in [0.1, 0.15) is 11.1 Å². The van der Waals surface area contributed by atoms with Gasteiger partial charge in [-0.25, -0.2) is 0 Å². The van der Waals surface area contributed by atoms with Gasteiger partial charge in [-0.3, -0.25) is 0 Å². The van der Waals surface area contributed by atoms with Crippen LogP contribution < -0.4 is 10.2 Å². The van der Waals surface area contributed by atoms with Crippen molar-refractivity contribution in [3.05, 3.63) is 29.3 Å². The standard InChI is InChI=1S/C12H15N3/c1-10-3-2-4-12(11(10)9-13)15-7-5-14-6-8-15/h2-4,14H,5-8H2,1H3. The Morgan fingerprint density at radius 1 is 1.33 bits per heavy atom. The van der Waals surface area contributed by atoms with Crippen molar-refractivity contribution in [3.8, 4) is 6.07 Å². The SMILES string of the molecule is Cc1cccc(N2CCNCC2)c1C#N. The summed E-state index contributed by atoms with van der Waals surface area (Å²) in [5.41, 5.74) is 2.96. The van der Waals surface area contributed by atoms with E-state index in [1.165, 1.54) is 0 Å². The third kappa shape index (κ3) is 1.95. The van der Waals surface area contributed by atoms with E-state index >= 15 is 0 Å². The second-order valence-corrected chi connectivity index (χ2v) is 3.82. The van der Waals surface area contributed by atoms with E-state index in [1.807, 2.05) is 25.1 Å². The van der Waals surface area contributed by atoms with Crippen LogP contribution >= 0.6 is 0 Å². The summed E-state index contributed by atoms with van der Waals surface area (Å²) in [6.45, 7) is 5.96. The quantitative estimate of drug-likeness (QED) is 0.744. The Kier molecular flexibility index (Phi) is 2.89. The van der Waals surface area contributed by atoms with E-state index in [1.54, 1.807) is 0 Å². The molecule has 15 heavy (non-hydrogen) atoms. The number of benzene rings is 1. The highest BCUT2D eigenvalue weighted by Gasteiger charge is 2.14. The first-order valence-electron chi connectivity index (χ1n) is 5.28. The van der Waals surface area contributed by atoms with Crippen molar-refractivity contribution in [2.45, 2.75) is 6.92 Å². The number of rotatable bonds is 1. The highest BCUT2D eigenvalue weighted by molar-refractivity contribution is 5.62. The molecule has 2 rings (SSSR count). The van der Waals surface area contributed by atoms with Gasteiger partial charge >= 0.3 is 0 Å². The molecule has 1 aliphatic heterocycles. The minimum Gasteiger partial charge on any atom is -0.368 e. The maximum Gasteiger partial charge on any atom is 0.102 e. The lowest BCUT2D eigenvalue weighted by Gasteiger charge is -2.30. The molecule has 78 valence electrons. The molecule has 0 radical (unpaired) electrons. The molecule has 3 nitrogen and oxygen atoms in total. The zero-order valence-corrected chi connectivity index (χ0v) is 8.95. The van der Waals surface area contributed by atoms with E-state index in [0.717, 1.165) is 43.0 Å². The zero-order chi connectivity index (χ0) is 10.7. The fourth-order valence-corrected chi connectivity index (χ4v) is 1.97. The molecule has 0 amide bonds. The number of nitriles is 1. The molecule has 1 aromatic rings. The van der Waals surface area contributed by atoms with E-state index in [9.17, 15) is 0 Å². The third-order valence-corrected chi connectivity index (χ3v) is 2.82. The minimum atomic E-state index is 0.819. The number of hydrogen-bond acceptors (Lipinski definition) is 3. The van der Waals surface area contributed by atoms with E-state index < -0.39 is 0 Å². The smallest absolute Gasteiger partial charge is 0.102 e. The van der Waals surface area contributed by atoms with Gasteiger partial charge in [0.25, 0.3) is 0 Å². The van der Waals surface area contributed by atoms with Gasteiger partial charge in [-0.2, -0.15) is 5.26 Å². The van der Waals surface area contributed by atoms with Crippen LogP contribution in [0.2, 0.25) is 0 Å². The van der Waals surface area contributed by atoms with Crippen LogP contribution in [0.15, 0.2) is 18.2 Å². The van der Waals surface area contributed by atoms with Gasteiger partial charge in [0.2, 0.25) is 0 Å². The average Bonchev–Trinajstić information content (AvgIpc) is 2.30. The van der Waals surface area contributed by atoms with Crippen LogP contribution in [0.5, 0.6) is 0 Å². The van der Waals surface area contributed by atoms with Gasteiger partial charge < -0.3 is 10.2 Å². The molecule has 0 bridgehead atoms. The Labute approximate surface area is 90.3 Å². The highest BCUT2D eigenvalue weighted by Crippen LogP contribution is 2.22. The van der Waals surface area contributed by atoms with Crippen molar-refractivity contribution in [1.29, 1.82) is 5.26 Å². The van der Waals surface area contributed by atoms with Gasteiger partial charge in [-0.1, -0.05) is 12.1 Å².